The lowest BCUT2D eigenvalue weighted by molar-refractivity contribution is 0.106. The fourth-order valence-electron chi connectivity index (χ4n) is 2.18. The molecule has 23 heavy (non-hydrogen) atoms. The molecule has 0 aromatic heterocycles. The summed E-state index contributed by atoms with van der Waals surface area (Å²) in [6, 6.07) is 20.2. The molecule has 0 atom stereocenters. The molecule has 4 nitrogen and oxygen atoms in total. The number of hydrogen-bond donors (Lipinski definition) is 2. The summed E-state index contributed by atoms with van der Waals surface area (Å²) < 4.78 is 0. The second kappa shape index (κ2) is 6.50. The summed E-state index contributed by atoms with van der Waals surface area (Å²) in [4.78, 5) is 12.3. The van der Waals surface area contributed by atoms with Crippen molar-refractivity contribution in [3.05, 3.63) is 77.3 Å². The molecular weight excluding hydrogens is 310 g/mol. The van der Waals surface area contributed by atoms with E-state index in [2.05, 4.69) is 10.5 Å². The average Bonchev–Trinajstić information content (AvgIpc) is 2.60. The molecule has 0 heterocycles. The molecule has 0 bridgehead atoms. The summed E-state index contributed by atoms with van der Waals surface area (Å²) in [5, 5.41) is 6.61. The van der Waals surface area contributed by atoms with E-state index in [9.17, 15) is 4.79 Å². The Bertz CT molecular complexity index is 888. The Hall–Kier alpha value is -2.85. The van der Waals surface area contributed by atoms with E-state index in [1.54, 1.807) is 30.3 Å². The summed E-state index contributed by atoms with van der Waals surface area (Å²) in [6.45, 7) is 0. The molecule has 0 aliphatic heterocycles. The van der Waals surface area contributed by atoms with Crippen molar-refractivity contribution in [2.75, 3.05) is 5.43 Å². The van der Waals surface area contributed by atoms with Crippen LogP contribution in [0.15, 0.2) is 71.8 Å². The molecule has 0 fully saturated rings. The summed E-state index contributed by atoms with van der Waals surface area (Å²) in [7, 11) is 0. The Morgan fingerprint density at radius 3 is 2.39 bits per heavy atom. The third-order valence-electron chi connectivity index (χ3n) is 3.39. The number of nitrogens with two attached hydrogens (primary N) is 1. The zero-order chi connectivity index (χ0) is 16.2. The van der Waals surface area contributed by atoms with Crippen LogP contribution in [0.4, 0.5) is 5.69 Å². The van der Waals surface area contributed by atoms with Crippen molar-refractivity contribution in [3.8, 4) is 0 Å². The Balaban J connectivity index is 1.79. The van der Waals surface area contributed by atoms with Gasteiger partial charge in [0, 0.05) is 10.6 Å². The van der Waals surface area contributed by atoms with E-state index in [4.69, 9.17) is 17.3 Å². The van der Waals surface area contributed by atoms with Crippen LogP contribution in [0.25, 0.3) is 10.8 Å². The zero-order valence-electron chi connectivity index (χ0n) is 12.2. The van der Waals surface area contributed by atoms with E-state index >= 15 is 0 Å². The predicted molar refractivity (Wildman–Crippen MR) is 95.0 cm³/mol. The van der Waals surface area contributed by atoms with Gasteiger partial charge in [0.05, 0.1) is 5.69 Å². The third-order valence-corrected chi connectivity index (χ3v) is 3.65. The number of amidine groups is 1. The number of rotatable bonds is 4. The topological polar surface area (TPSA) is 67.5 Å². The molecule has 0 saturated heterocycles. The normalized spacial score (nSPS) is 11.4. The monoisotopic (exact) mass is 323 g/mol. The number of nitrogens with zero attached hydrogens (tertiary/aromatic N) is 1. The van der Waals surface area contributed by atoms with Crippen molar-refractivity contribution < 1.29 is 4.79 Å². The van der Waals surface area contributed by atoms with Gasteiger partial charge in [-0.2, -0.15) is 5.10 Å². The highest BCUT2D eigenvalue weighted by molar-refractivity contribution is 6.44. The minimum absolute atomic E-state index is 0.102. The van der Waals surface area contributed by atoms with E-state index < -0.39 is 0 Å². The van der Waals surface area contributed by atoms with Crippen LogP contribution in [0.2, 0.25) is 5.02 Å². The fraction of sp³-hybridized carbons (Fsp3) is 0. The molecule has 3 aromatic carbocycles. The lowest BCUT2D eigenvalue weighted by Crippen LogP contribution is -2.25. The molecule has 5 heteroatoms. The number of hydrazone groups is 1. The molecule has 0 amide bonds. The number of anilines is 1. The molecule has 3 N–H and O–H groups in total. The Morgan fingerprint density at radius 2 is 1.65 bits per heavy atom. The van der Waals surface area contributed by atoms with Gasteiger partial charge in [0.25, 0.3) is 0 Å². The first kappa shape index (κ1) is 15.1. The van der Waals surface area contributed by atoms with Crippen molar-refractivity contribution in [2.45, 2.75) is 0 Å². The number of carbonyl (C=O) groups is 1. The van der Waals surface area contributed by atoms with Gasteiger partial charge in [-0.05, 0) is 41.1 Å². The molecule has 0 aliphatic carbocycles. The second-order valence-corrected chi connectivity index (χ2v) is 5.44. The third kappa shape index (κ3) is 3.49. The maximum absolute atomic E-state index is 12.3. The SMILES string of the molecule is N/C(=N\Nc1ccc(Cl)cc1)C(=O)c1ccc2ccccc2c1. The molecular formula is C18H14ClN3O. The number of hydrogen-bond acceptors (Lipinski definition) is 3. The van der Waals surface area contributed by atoms with E-state index in [1.807, 2.05) is 36.4 Å². The van der Waals surface area contributed by atoms with E-state index in [1.165, 1.54) is 0 Å². The Kier molecular flexibility index (Phi) is 4.26. The van der Waals surface area contributed by atoms with E-state index in [-0.39, 0.29) is 11.6 Å². The van der Waals surface area contributed by atoms with Crippen LogP contribution in [0.3, 0.4) is 0 Å². The lowest BCUT2D eigenvalue weighted by atomic mass is 10.0. The first-order chi connectivity index (χ1) is 11.1. The van der Waals surface area contributed by atoms with Crippen molar-refractivity contribution in [3.63, 3.8) is 0 Å². The first-order valence-electron chi connectivity index (χ1n) is 7.02. The summed E-state index contributed by atoms with van der Waals surface area (Å²) >= 11 is 5.81. The van der Waals surface area contributed by atoms with E-state index in [0.717, 1.165) is 10.8 Å². The highest BCUT2D eigenvalue weighted by Crippen LogP contribution is 2.16. The highest BCUT2D eigenvalue weighted by Gasteiger charge is 2.11. The van der Waals surface area contributed by atoms with Gasteiger partial charge in [-0.25, -0.2) is 0 Å². The lowest BCUT2D eigenvalue weighted by Gasteiger charge is -2.04. The van der Waals surface area contributed by atoms with Crippen molar-refractivity contribution in [1.29, 1.82) is 0 Å². The smallest absolute Gasteiger partial charge is 0.229 e. The second-order valence-electron chi connectivity index (χ2n) is 5.01. The predicted octanol–water partition coefficient (Wildman–Crippen LogP) is 4.06. The number of halogens is 1. The Morgan fingerprint density at radius 1 is 0.957 bits per heavy atom. The zero-order valence-corrected chi connectivity index (χ0v) is 12.9. The number of ketones is 1. The van der Waals surface area contributed by atoms with E-state index in [0.29, 0.717) is 16.3 Å². The maximum atomic E-state index is 12.3. The van der Waals surface area contributed by atoms with Crippen LogP contribution in [-0.4, -0.2) is 11.6 Å². The molecule has 0 radical (unpaired) electrons. The van der Waals surface area contributed by atoms with Gasteiger partial charge < -0.3 is 5.73 Å². The van der Waals surface area contributed by atoms with Crippen molar-refractivity contribution >= 4 is 39.7 Å². The quantitative estimate of drug-likeness (QED) is 0.329. The first-order valence-corrected chi connectivity index (χ1v) is 7.39. The van der Waals surface area contributed by atoms with Crippen LogP contribution >= 0.6 is 11.6 Å². The van der Waals surface area contributed by atoms with Crippen molar-refractivity contribution in [2.24, 2.45) is 10.8 Å². The molecule has 3 rings (SSSR count). The Labute approximate surface area is 138 Å². The van der Waals surface area contributed by atoms with Crippen LogP contribution < -0.4 is 11.2 Å². The summed E-state index contributed by atoms with van der Waals surface area (Å²) in [5.41, 5.74) is 9.73. The molecule has 114 valence electrons. The molecule has 0 saturated carbocycles. The summed E-state index contributed by atoms with van der Waals surface area (Å²) in [5.74, 6) is -0.424. The van der Waals surface area contributed by atoms with Crippen LogP contribution in [0, 0.1) is 0 Å². The maximum Gasteiger partial charge on any atom is 0.229 e. The van der Waals surface area contributed by atoms with Crippen LogP contribution in [0.5, 0.6) is 0 Å². The molecule has 0 unspecified atom stereocenters. The summed E-state index contributed by atoms with van der Waals surface area (Å²) in [6.07, 6.45) is 0. The molecule has 0 aliphatic rings. The van der Waals surface area contributed by atoms with Crippen LogP contribution in [0.1, 0.15) is 10.4 Å². The minimum atomic E-state index is -0.322. The van der Waals surface area contributed by atoms with Gasteiger partial charge in [0.15, 0.2) is 5.84 Å². The van der Waals surface area contributed by atoms with Gasteiger partial charge >= 0.3 is 0 Å². The largest absolute Gasteiger partial charge is 0.379 e. The molecule has 3 aromatic rings. The van der Waals surface area contributed by atoms with Crippen molar-refractivity contribution in [1.82, 2.24) is 0 Å². The van der Waals surface area contributed by atoms with Gasteiger partial charge in [-0.3, -0.25) is 10.2 Å². The fourth-order valence-corrected chi connectivity index (χ4v) is 2.30. The van der Waals surface area contributed by atoms with Gasteiger partial charge in [0.1, 0.15) is 0 Å². The average molecular weight is 324 g/mol. The number of fused-ring (bicyclic) bond motifs is 1. The minimum Gasteiger partial charge on any atom is -0.379 e. The van der Waals surface area contributed by atoms with Crippen LogP contribution in [-0.2, 0) is 0 Å². The number of Topliss-reactive ketones (excluding diaryl/α,β-unsaturated/α-hetero) is 1. The number of nitrogens with one attached hydrogen (secondary N) is 1. The molecule has 0 spiro atoms. The number of carbonyl (C=O) groups excluding carboxylic acids is 1. The van der Waals surface area contributed by atoms with Gasteiger partial charge in [0.2, 0.25) is 5.78 Å². The standard InChI is InChI=1S/C18H14ClN3O/c19-15-7-9-16(10-8-15)21-22-18(20)17(23)14-6-5-12-3-1-2-4-13(12)11-14/h1-11,21H,(H2,20,22). The number of benzene rings is 3. The van der Waals surface area contributed by atoms with Gasteiger partial charge in [-0.15, -0.1) is 0 Å². The van der Waals surface area contributed by atoms with Gasteiger partial charge in [-0.1, -0.05) is 48.0 Å². The highest BCUT2D eigenvalue weighted by atomic mass is 35.5.